The summed E-state index contributed by atoms with van der Waals surface area (Å²) in [5.41, 5.74) is 0.944. The van der Waals surface area contributed by atoms with Gasteiger partial charge in [-0.1, -0.05) is 48.5 Å². The summed E-state index contributed by atoms with van der Waals surface area (Å²) in [6.07, 6.45) is 1.32. The summed E-state index contributed by atoms with van der Waals surface area (Å²) in [5.74, 6) is 0.808. The third-order valence-electron chi connectivity index (χ3n) is 2.40. The summed E-state index contributed by atoms with van der Waals surface area (Å²) in [7, 11) is 0. The van der Waals surface area contributed by atoms with Crippen molar-refractivity contribution in [2.75, 3.05) is 0 Å². The van der Waals surface area contributed by atoms with Gasteiger partial charge in [-0.25, -0.2) is 0 Å². The summed E-state index contributed by atoms with van der Waals surface area (Å²) < 4.78 is 0. The lowest BCUT2D eigenvalue weighted by Gasteiger charge is -2.32. The normalized spacial score (nSPS) is 16.6. The minimum absolute atomic E-state index is 0.466. The van der Waals surface area contributed by atoms with E-state index in [9.17, 15) is 0 Å². The van der Waals surface area contributed by atoms with Crippen LogP contribution in [0.25, 0.3) is 0 Å². The molecular weight excluding hydrogens is 132 g/mol. The van der Waals surface area contributed by atoms with Crippen LogP contribution in [0, 0.1) is 16.7 Å². The van der Waals surface area contributed by atoms with E-state index >= 15 is 0 Å². The van der Waals surface area contributed by atoms with Crippen LogP contribution in [0.3, 0.4) is 0 Å². The summed E-state index contributed by atoms with van der Waals surface area (Å²) in [6.45, 7) is 16.3. The fraction of sp³-hybridized carbons (Fsp3) is 1.00. The Labute approximate surface area is 72.4 Å². The quantitative estimate of drug-likeness (QED) is 0.536. The highest BCUT2D eigenvalue weighted by atomic mass is 14.3. The molecule has 0 aliphatic carbocycles. The van der Waals surface area contributed by atoms with Gasteiger partial charge in [-0.2, -0.15) is 0 Å². The van der Waals surface area contributed by atoms with Gasteiger partial charge >= 0.3 is 0 Å². The van der Waals surface area contributed by atoms with E-state index in [1.54, 1.807) is 0 Å². The molecule has 0 radical (unpaired) electrons. The van der Waals surface area contributed by atoms with Gasteiger partial charge in [-0.05, 0) is 23.2 Å². The lowest BCUT2D eigenvalue weighted by molar-refractivity contribution is 0.182. The molecule has 0 aromatic rings. The molecule has 0 unspecified atom stereocenters. The SMILES string of the molecule is C[C@@H](CC(C)(C)C)C(C)(C)C. The molecule has 0 N–H and O–H groups in total. The first-order chi connectivity index (χ1) is 4.63. The minimum Gasteiger partial charge on any atom is -0.0620 e. The molecule has 0 nitrogen and oxygen atoms in total. The van der Waals surface area contributed by atoms with Crippen molar-refractivity contribution in [3.63, 3.8) is 0 Å². The van der Waals surface area contributed by atoms with E-state index in [2.05, 4.69) is 48.5 Å². The lowest BCUT2D eigenvalue weighted by atomic mass is 9.73. The van der Waals surface area contributed by atoms with Crippen LogP contribution in [-0.4, -0.2) is 0 Å². The first-order valence-electron chi connectivity index (χ1n) is 4.63. The zero-order valence-electron chi connectivity index (χ0n) is 9.28. The number of hydrogen-bond acceptors (Lipinski definition) is 0. The van der Waals surface area contributed by atoms with Gasteiger partial charge in [0.05, 0.1) is 0 Å². The van der Waals surface area contributed by atoms with E-state index in [0.29, 0.717) is 10.8 Å². The fourth-order valence-electron chi connectivity index (χ4n) is 1.22. The van der Waals surface area contributed by atoms with Crippen LogP contribution >= 0.6 is 0 Å². The maximum absolute atomic E-state index is 2.35. The Balaban J connectivity index is 3.99. The molecule has 0 aliphatic heterocycles. The van der Waals surface area contributed by atoms with Crippen molar-refractivity contribution >= 4 is 0 Å². The monoisotopic (exact) mass is 156 g/mol. The minimum atomic E-state index is 0.466. The predicted molar refractivity (Wildman–Crippen MR) is 52.7 cm³/mol. The Bertz CT molecular complexity index is 109. The van der Waals surface area contributed by atoms with Crippen LogP contribution in [0.5, 0.6) is 0 Å². The Hall–Kier alpha value is 0. The van der Waals surface area contributed by atoms with Gasteiger partial charge in [0, 0.05) is 0 Å². The largest absolute Gasteiger partial charge is 0.0620 e. The Morgan fingerprint density at radius 2 is 1.27 bits per heavy atom. The molecule has 0 rings (SSSR count). The molecule has 0 aromatic carbocycles. The van der Waals surface area contributed by atoms with Crippen LogP contribution in [0.4, 0.5) is 0 Å². The van der Waals surface area contributed by atoms with E-state index in [-0.39, 0.29) is 0 Å². The molecule has 68 valence electrons. The molecular formula is C11H24. The average molecular weight is 156 g/mol. The maximum atomic E-state index is 2.35. The predicted octanol–water partition coefficient (Wildman–Crippen LogP) is 4.10. The van der Waals surface area contributed by atoms with Crippen molar-refractivity contribution in [3.8, 4) is 0 Å². The van der Waals surface area contributed by atoms with Gasteiger partial charge in [-0.3, -0.25) is 0 Å². The van der Waals surface area contributed by atoms with Gasteiger partial charge in [0.15, 0.2) is 0 Å². The van der Waals surface area contributed by atoms with Crippen molar-refractivity contribution in [3.05, 3.63) is 0 Å². The summed E-state index contributed by atoms with van der Waals surface area (Å²) in [5, 5.41) is 0. The van der Waals surface area contributed by atoms with Crippen LogP contribution in [-0.2, 0) is 0 Å². The van der Waals surface area contributed by atoms with E-state index in [1.807, 2.05) is 0 Å². The van der Waals surface area contributed by atoms with Crippen molar-refractivity contribution in [2.24, 2.45) is 16.7 Å². The van der Waals surface area contributed by atoms with E-state index < -0.39 is 0 Å². The first kappa shape index (κ1) is 11.0. The molecule has 11 heavy (non-hydrogen) atoms. The summed E-state index contributed by atoms with van der Waals surface area (Å²) in [6, 6.07) is 0. The van der Waals surface area contributed by atoms with E-state index in [4.69, 9.17) is 0 Å². The van der Waals surface area contributed by atoms with Crippen LogP contribution in [0.15, 0.2) is 0 Å². The Morgan fingerprint density at radius 1 is 0.909 bits per heavy atom. The zero-order chi connectivity index (χ0) is 9.28. The molecule has 0 bridgehead atoms. The Kier molecular flexibility index (Phi) is 3.16. The summed E-state index contributed by atoms with van der Waals surface area (Å²) >= 11 is 0. The highest BCUT2D eigenvalue weighted by Crippen LogP contribution is 2.35. The van der Waals surface area contributed by atoms with E-state index in [0.717, 1.165) is 5.92 Å². The van der Waals surface area contributed by atoms with Gasteiger partial charge in [0.25, 0.3) is 0 Å². The van der Waals surface area contributed by atoms with Crippen LogP contribution in [0.2, 0.25) is 0 Å². The molecule has 1 atom stereocenters. The highest BCUT2D eigenvalue weighted by molar-refractivity contribution is 4.75. The van der Waals surface area contributed by atoms with Gasteiger partial charge in [-0.15, -0.1) is 0 Å². The van der Waals surface area contributed by atoms with Gasteiger partial charge < -0.3 is 0 Å². The van der Waals surface area contributed by atoms with Crippen molar-refractivity contribution in [2.45, 2.75) is 54.9 Å². The average Bonchev–Trinajstić information content (AvgIpc) is 1.56. The molecule has 0 amide bonds. The lowest BCUT2D eigenvalue weighted by Crippen LogP contribution is -2.22. The number of hydrogen-bond donors (Lipinski definition) is 0. The third-order valence-corrected chi connectivity index (χ3v) is 2.40. The maximum Gasteiger partial charge on any atom is -0.0357 e. The smallest absolute Gasteiger partial charge is 0.0357 e. The standard InChI is InChI=1S/C11H24/c1-9(11(5,6)7)8-10(2,3)4/h9H,8H2,1-7H3/t9-/m0/s1. The second-order valence-electron chi connectivity index (χ2n) is 6.03. The topological polar surface area (TPSA) is 0 Å². The van der Waals surface area contributed by atoms with E-state index in [1.165, 1.54) is 6.42 Å². The molecule has 0 aromatic heterocycles. The van der Waals surface area contributed by atoms with Crippen molar-refractivity contribution < 1.29 is 0 Å². The van der Waals surface area contributed by atoms with Crippen molar-refractivity contribution in [1.82, 2.24) is 0 Å². The molecule has 0 aliphatic rings. The van der Waals surface area contributed by atoms with Crippen LogP contribution < -0.4 is 0 Å². The third kappa shape index (κ3) is 5.29. The zero-order valence-corrected chi connectivity index (χ0v) is 9.28. The number of rotatable bonds is 1. The molecule has 0 spiro atoms. The van der Waals surface area contributed by atoms with Gasteiger partial charge in [0.2, 0.25) is 0 Å². The van der Waals surface area contributed by atoms with Gasteiger partial charge in [0.1, 0.15) is 0 Å². The second kappa shape index (κ2) is 3.16. The van der Waals surface area contributed by atoms with Crippen molar-refractivity contribution in [1.29, 1.82) is 0 Å². The molecule has 0 heterocycles. The Morgan fingerprint density at radius 3 is 1.36 bits per heavy atom. The molecule has 0 saturated carbocycles. The van der Waals surface area contributed by atoms with Crippen LogP contribution in [0.1, 0.15) is 54.9 Å². The fourth-order valence-corrected chi connectivity index (χ4v) is 1.22. The molecule has 0 saturated heterocycles. The summed E-state index contributed by atoms with van der Waals surface area (Å²) in [4.78, 5) is 0. The molecule has 0 heteroatoms. The first-order valence-corrected chi connectivity index (χ1v) is 4.63. The second-order valence-corrected chi connectivity index (χ2v) is 6.03. The molecule has 0 fully saturated rings. The highest BCUT2D eigenvalue weighted by Gasteiger charge is 2.24.